The molecule has 50 heavy (non-hydrogen) atoms. The normalized spacial score (nSPS) is 22.8. The molecule has 0 aromatic heterocycles. The summed E-state index contributed by atoms with van der Waals surface area (Å²) in [7, 11) is 3.30. The lowest BCUT2D eigenvalue weighted by molar-refractivity contribution is -0.0421. The molecule has 6 rings (SSSR count). The van der Waals surface area contributed by atoms with E-state index in [4.69, 9.17) is 9.47 Å². The second-order valence-electron chi connectivity index (χ2n) is 15.7. The highest BCUT2D eigenvalue weighted by molar-refractivity contribution is 8.74. The lowest BCUT2D eigenvalue weighted by Gasteiger charge is -2.56. The van der Waals surface area contributed by atoms with Crippen LogP contribution in [-0.4, -0.2) is 78.8 Å². The highest BCUT2D eigenvalue weighted by Crippen LogP contribution is 2.53. The lowest BCUT2D eigenvalue weighted by atomic mass is 9.81. The van der Waals surface area contributed by atoms with Crippen LogP contribution in [0.25, 0.3) is 0 Å². The zero-order chi connectivity index (χ0) is 36.6. The van der Waals surface area contributed by atoms with E-state index in [0.717, 1.165) is 0 Å². The molecule has 0 amide bonds. The molecule has 0 unspecified atom stereocenters. The fourth-order valence-electron chi connectivity index (χ4n) is 7.84. The van der Waals surface area contributed by atoms with Gasteiger partial charge in [0.2, 0.25) is 0 Å². The van der Waals surface area contributed by atoms with Crippen molar-refractivity contribution >= 4 is 57.8 Å². The van der Waals surface area contributed by atoms with E-state index in [1.54, 1.807) is 22.0 Å². The fraction of sp³-hybridized carbons (Fsp3) is 0.500. The molecule has 2 aromatic rings. The summed E-state index contributed by atoms with van der Waals surface area (Å²) in [5, 5.41) is 0. The Labute approximate surface area is 298 Å². The van der Waals surface area contributed by atoms with Gasteiger partial charge in [-0.25, -0.2) is 37.4 Å². The quantitative estimate of drug-likeness (QED) is 0.0996. The zero-order valence-corrected chi connectivity index (χ0v) is 30.9. The van der Waals surface area contributed by atoms with Crippen LogP contribution in [-0.2, 0) is 18.9 Å². The van der Waals surface area contributed by atoms with Gasteiger partial charge in [0.1, 0.15) is 12.2 Å². The van der Waals surface area contributed by atoms with Crippen LogP contribution in [0, 0.1) is 0 Å². The molecule has 0 saturated carbocycles. The number of ether oxygens (including phenoxy) is 4. The summed E-state index contributed by atoms with van der Waals surface area (Å²) in [5.74, 6) is -4.12. The summed E-state index contributed by atoms with van der Waals surface area (Å²) in [4.78, 5) is 74.0. The number of rotatable bonds is 7. The van der Waals surface area contributed by atoms with Gasteiger partial charge >= 0.3 is 35.8 Å². The van der Waals surface area contributed by atoms with Crippen LogP contribution in [0.2, 0.25) is 0 Å². The first-order valence-corrected chi connectivity index (χ1v) is 18.4. The monoisotopic (exact) mass is 724 g/mol. The predicted octanol–water partition coefficient (Wildman–Crippen LogP) is 6.58. The van der Waals surface area contributed by atoms with E-state index in [1.807, 2.05) is 0 Å². The van der Waals surface area contributed by atoms with Gasteiger partial charge in [-0.3, -0.25) is 0 Å². The molecule has 14 heteroatoms. The van der Waals surface area contributed by atoms with Gasteiger partial charge in [-0.15, -0.1) is 0 Å². The Morgan fingerprint density at radius 3 is 1.18 bits per heavy atom. The van der Waals surface area contributed by atoms with E-state index < -0.39 is 35.8 Å². The summed E-state index contributed by atoms with van der Waals surface area (Å²) >= 11 is 0. The molecule has 266 valence electrons. The van der Waals surface area contributed by atoms with Gasteiger partial charge in [-0.1, -0.05) is 0 Å². The number of fused-ring (bicyclic) bond motifs is 2. The summed E-state index contributed by atoms with van der Waals surface area (Å²) in [6.45, 7) is 17.0. The minimum Gasteiger partial charge on any atom is -0.459 e. The standard InChI is InChI=1S/C36H40N2O10S2/c1-33(2)15-21(45-27(39)19-9-11-23-25(13-19)31(43)47-29(23)41)16-34(3,4)37(33)49-50-38-35(5,6)17-22(18-36(38,7)8)46-28(40)20-10-12-24-26(14-20)32(44)48-30(24)42/h9-14,21-22H,15-18H2,1-8H3. The smallest absolute Gasteiger partial charge is 0.346 e. The van der Waals surface area contributed by atoms with E-state index >= 15 is 0 Å². The van der Waals surface area contributed by atoms with Crippen LogP contribution in [0.5, 0.6) is 0 Å². The third-order valence-electron chi connectivity index (χ3n) is 9.60. The molecule has 0 radical (unpaired) electrons. The summed E-state index contributed by atoms with van der Waals surface area (Å²) < 4.78 is 26.0. The summed E-state index contributed by atoms with van der Waals surface area (Å²) in [5.41, 5.74) is -0.757. The van der Waals surface area contributed by atoms with Gasteiger partial charge in [-0.2, -0.15) is 0 Å². The molecule has 0 aliphatic carbocycles. The SMILES string of the molecule is CC1(C)CC(OC(=O)c2ccc3c(c2)C(=O)OC3=O)CC(C)(C)N1SSN1C(C)(C)CC(OC(=O)c2ccc3c(c2)C(=O)OC3=O)CC1(C)C. The van der Waals surface area contributed by atoms with Crippen LogP contribution < -0.4 is 0 Å². The molecular formula is C36H40N2O10S2. The Balaban J connectivity index is 1.09. The highest BCUT2D eigenvalue weighted by Gasteiger charge is 2.51. The van der Waals surface area contributed by atoms with Gasteiger partial charge in [0.15, 0.2) is 0 Å². The molecule has 12 nitrogen and oxygen atoms in total. The zero-order valence-electron chi connectivity index (χ0n) is 29.2. The number of carbonyl (C=O) groups is 6. The van der Waals surface area contributed by atoms with E-state index in [-0.39, 0.29) is 67.7 Å². The number of hydrogen-bond donors (Lipinski definition) is 0. The van der Waals surface area contributed by atoms with E-state index in [1.165, 1.54) is 36.4 Å². The molecule has 4 aliphatic heterocycles. The Morgan fingerprint density at radius 2 is 0.860 bits per heavy atom. The van der Waals surface area contributed by atoms with Gasteiger partial charge < -0.3 is 18.9 Å². The van der Waals surface area contributed by atoms with Crippen molar-refractivity contribution < 1.29 is 47.7 Å². The van der Waals surface area contributed by atoms with Crippen molar-refractivity contribution in [3.8, 4) is 0 Å². The Hall–Kier alpha value is -3.72. The Morgan fingerprint density at radius 1 is 0.560 bits per heavy atom. The Kier molecular flexibility index (Phi) is 9.02. The van der Waals surface area contributed by atoms with Crippen LogP contribution in [0.3, 0.4) is 0 Å². The van der Waals surface area contributed by atoms with Gasteiger partial charge in [0, 0.05) is 69.8 Å². The average Bonchev–Trinajstić information content (AvgIpc) is 3.44. The molecule has 0 spiro atoms. The van der Waals surface area contributed by atoms with Crippen molar-refractivity contribution in [2.24, 2.45) is 0 Å². The van der Waals surface area contributed by atoms with Gasteiger partial charge in [0.25, 0.3) is 0 Å². The number of carbonyl (C=O) groups excluding carboxylic acids is 6. The third-order valence-corrected chi connectivity index (χ3v) is 13.0. The second-order valence-corrected chi connectivity index (χ2v) is 17.7. The average molecular weight is 725 g/mol. The number of esters is 6. The van der Waals surface area contributed by atoms with Crippen molar-refractivity contribution in [3.05, 3.63) is 69.8 Å². The maximum Gasteiger partial charge on any atom is 0.346 e. The number of cyclic esters (lactones) is 4. The van der Waals surface area contributed by atoms with Crippen molar-refractivity contribution in [1.29, 1.82) is 0 Å². The maximum absolute atomic E-state index is 13.2. The molecule has 0 atom stereocenters. The van der Waals surface area contributed by atoms with Crippen molar-refractivity contribution in [1.82, 2.24) is 8.61 Å². The van der Waals surface area contributed by atoms with Crippen LogP contribution in [0.1, 0.15) is 143 Å². The number of nitrogens with zero attached hydrogens (tertiary/aromatic N) is 2. The number of hydrogen-bond acceptors (Lipinski definition) is 14. The molecule has 4 aliphatic rings. The minimum absolute atomic E-state index is 0.0624. The highest BCUT2D eigenvalue weighted by atomic mass is 33.1. The lowest BCUT2D eigenvalue weighted by Crippen LogP contribution is -2.61. The largest absolute Gasteiger partial charge is 0.459 e. The van der Waals surface area contributed by atoms with Crippen LogP contribution in [0.4, 0.5) is 0 Å². The van der Waals surface area contributed by atoms with E-state index in [0.29, 0.717) is 25.7 Å². The first-order chi connectivity index (χ1) is 23.2. The summed E-state index contributed by atoms with van der Waals surface area (Å²) in [6, 6.07) is 8.47. The van der Waals surface area contributed by atoms with Gasteiger partial charge in [-0.05, 0) is 91.8 Å². The van der Waals surface area contributed by atoms with Gasteiger partial charge in [0.05, 0.1) is 33.4 Å². The van der Waals surface area contributed by atoms with Crippen molar-refractivity contribution in [2.75, 3.05) is 0 Å². The molecular weight excluding hydrogens is 685 g/mol. The predicted molar refractivity (Wildman–Crippen MR) is 184 cm³/mol. The number of benzene rings is 2. The molecule has 2 saturated heterocycles. The molecule has 2 fully saturated rings. The first-order valence-electron chi connectivity index (χ1n) is 16.4. The second kappa shape index (κ2) is 12.5. The van der Waals surface area contributed by atoms with Crippen molar-refractivity contribution in [2.45, 2.75) is 115 Å². The summed E-state index contributed by atoms with van der Waals surface area (Å²) in [6.07, 6.45) is 1.51. The maximum atomic E-state index is 13.2. The minimum atomic E-state index is -0.773. The fourth-order valence-corrected chi connectivity index (χ4v) is 11.9. The third kappa shape index (κ3) is 6.70. The molecule has 2 aromatic carbocycles. The molecule has 0 bridgehead atoms. The Bertz CT molecular complexity index is 1670. The van der Waals surface area contributed by atoms with Crippen LogP contribution >= 0.6 is 22.0 Å². The first kappa shape index (κ1) is 36.1. The van der Waals surface area contributed by atoms with E-state index in [9.17, 15) is 28.8 Å². The molecule has 4 heterocycles. The van der Waals surface area contributed by atoms with Crippen molar-refractivity contribution in [3.63, 3.8) is 0 Å². The van der Waals surface area contributed by atoms with Crippen LogP contribution in [0.15, 0.2) is 36.4 Å². The number of piperidine rings is 2. The topological polar surface area (TPSA) is 146 Å². The van der Waals surface area contributed by atoms with E-state index in [2.05, 4.69) is 73.5 Å². The molecule has 0 N–H and O–H groups in total.